The molecule has 106 valence electrons. The molecule has 20 heavy (non-hydrogen) atoms. The third-order valence-corrected chi connectivity index (χ3v) is 4.58. The molecule has 1 heterocycles. The van der Waals surface area contributed by atoms with Crippen molar-refractivity contribution in [1.29, 1.82) is 0 Å². The zero-order valence-corrected chi connectivity index (χ0v) is 11.8. The molecule has 0 aliphatic heterocycles. The Morgan fingerprint density at radius 1 is 1.45 bits per heavy atom. The molecule has 0 spiro atoms. The van der Waals surface area contributed by atoms with Gasteiger partial charge in [-0.15, -0.1) is 0 Å². The topological polar surface area (TPSA) is 65.1 Å². The quantitative estimate of drug-likeness (QED) is 0.800. The zero-order chi connectivity index (χ0) is 14.3. The molecule has 1 amide bonds. The molecular weight excluding hydrogens is 252 g/mol. The van der Waals surface area contributed by atoms with Crippen molar-refractivity contribution in [3.8, 4) is 0 Å². The van der Waals surface area contributed by atoms with Crippen LogP contribution >= 0.6 is 0 Å². The first-order chi connectivity index (χ1) is 9.48. The van der Waals surface area contributed by atoms with Crippen LogP contribution in [0.25, 0.3) is 10.9 Å². The summed E-state index contributed by atoms with van der Waals surface area (Å²) in [4.78, 5) is 15.3. The van der Waals surface area contributed by atoms with Gasteiger partial charge in [-0.2, -0.15) is 0 Å². The fourth-order valence-electron chi connectivity index (χ4n) is 2.84. The average molecular weight is 272 g/mol. The number of rotatable bonds is 3. The van der Waals surface area contributed by atoms with Gasteiger partial charge < -0.3 is 15.4 Å². The van der Waals surface area contributed by atoms with Crippen molar-refractivity contribution in [3.63, 3.8) is 0 Å². The van der Waals surface area contributed by atoms with Crippen molar-refractivity contribution in [1.82, 2.24) is 10.3 Å². The Morgan fingerprint density at radius 2 is 2.20 bits per heavy atom. The van der Waals surface area contributed by atoms with Crippen LogP contribution in [0.15, 0.2) is 30.5 Å². The smallest absolute Gasteiger partial charge is 0.224 e. The van der Waals surface area contributed by atoms with Gasteiger partial charge in [0.15, 0.2) is 0 Å². The number of hydrogen-bond acceptors (Lipinski definition) is 2. The number of aliphatic hydroxyl groups is 1. The lowest BCUT2D eigenvalue weighted by molar-refractivity contribution is -0.128. The fraction of sp³-hybridized carbons (Fsp3) is 0.438. The molecule has 0 radical (unpaired) electrons. The molecule has 4 heteroatoms. The largest absolute Gasteiger partial charge is 0.392 e. The summed E-state index contributed by atoms with van der Waals surface area (Å²) in [6.07, 6.45) is 2.59. The number of aliphatic hydroxyl groups excluding tert-OH is 1. The Labute approximate surface area is 118 Å². The van der Waals surface area contributed by atoms with Crippen LogP contribution in [0, 0.1) is 5.41 Å². The second-order valence-corrected chi connectivity index (χ2v) is 6.23. The molecule has 3 N–H and O–H groups in total. The van der Waals surface area contributed by atoms with E-state index in [9.17, 15) is 9.90 Å². The molecule has 1 fully saturated rings. The van der Waals surface area contributed by atoms with Gasteiger partial charge in [0.1, 0.15) is 0 Å². The number of nitrogens with one attached hydrogen (secondary N) is 2. The third-order valence-electron chi connectivity index (χ3n) is 4.58. The van der Waals surface area contributed by atoms with Crippen LogP contribution in [0.5, 0.6) is 0 Å². The lowest BCUT2D eigenvalue weighted by Crippen LogP contribution is -2.61. The van der Waals surface area contributed by atoms with Gasteiger partial charge in [-0.25, -0.2) is 0 Å². The first-order valence-corrected chi connectivity index (χ1v) is 7.01. The number of para-hydroxylation sites is 1. The number of aromatic nitrogens is 1. The maximum absolute atomic E-state index is 12.1. The monoisotopic (exact) mass is 272 g/mol. The van der Waals surface area contributed by atoms with E-state index in [0.29, 0.717) is 12.8 Å². The summed E-state index contributed by atoms with van der Waals surface area (Å²) in [5.41, 5.74) is 1.83. The fourth-order valence-corrected chi connectivity index (χ4v) is 2.84. The van der Waals surface area contributed by atoms with Gasteiger partial charge in [0.25, 0.3) is 0 Å². The number of aromatic amines is 1. The molecule has 2 atom stereocenters. The summed E-state index contributed by atoms with van der Waals surface area (Å²) in [5, 5.41) is 13.8. The predicted molar refractivity (Wildman–Crippen MR) is 78.3 cm³/mol. The van der Waals surface area contributed by atoms with E-state index in [1.54, 1.807) is 0 Å². The van der Waals surface area contributed by atoms with Gasteiger partial charge in [0, 0.05) is 28.6 Å². The van der Waals surface area contributed by atoms with Gasteiger partial charge >= 0.3 is 0 Å². The number of carbonyl (C=O) groups is 1. The second kappa shape index (κ2) is 4.63. The molecule has 1 saturated carbocycles. The van der Waals surface area contributed by atoms with Crippen LogP contribution in [0.2, 0.25) is 0 Å². The van der Waals surface area contributed by atoms with E-state index in [0.717, 1.165) is 16.5 Å². The number of carbonyl (C=O) groups excluding carboxylic acids is 1. The van der Waals surface area contributed by atoms with Crippen molar-refractivity contribution in [2.75, 3.05) is 0 Å². The Balaban J connectivity index is 1.68. The minimum Gasteiger partial charge on any atom is -0.392 e. The highest BCUT2D eigenvalue weighted by Gasteiger charge is 2.47. The van der Waals surface area contributed by atoms with Crippen LogP contribution in [-0.4, -0.2) is 28.1 Å². The van der Waals surface area contributed by atoms with Crippen LogP contribution in [0.4, 0.5) is 0 Å². The number of amides is 1. The number of fused-ring (bicyclic) bond motifs is 1. The predicted octanol–water partition coefficient (Wildman–Crippen LogP) is 1.99. The number of benzene rings is 1. The van der Waals surface area contributed by atoms with Gasteiger partial charge in [-0.1, -0.05) is 32.0 Å². The maximum atomic E-state index is 12.1. The van der Waals surface area contributed by atoms with Crippen molar-refractivity contribution < 1.29 is 9.90 Å². The molecular formula is C16H20N2O2. The molecule has 1 aromatic carbocycles. The average Bonchev–Trinajstić information content (AvgIpc) is 2.82. The highest BCUT2D eigenvalue weighted by atomic mass is 16.3. The summed E-state index contributed by atoms with van der Waals surface area (Å²) < 4.78 is 0. The summed E-state index contributed by atoms with van der Waals surface area (Å²) in [6.45, 7) is 3.97. The SMILES string of the molecule is CC1(C)C(O)CC1NC(=O)Cc1c[nH]c2ccccc12. The van der Waals surface area contributed by atoms with Crippen LogP contribution in [0.3, 0.4) is 0 Å². The van der Waals surface area contributed by atoms with Gasteiger partial charge in [0.2, 0.25) is 5.91 Å². The van der Waals surface area contributed by atoms with Crippen molar-refractivity contribution in [2.45, 2.75) is 38.8 Å². The first kappa shape index (κ1) is 13.2. The Hall–Kier alpha value is -1.81. The van der Waals surface area contributed by atoms with Crippen LogP contribution in [-0.2, 0) is 11.2 Å². The molecule has 1 aliphatic carbocycles. The Bertz CT molecular complexity index is 645. The van der Waals surface area contributed by atoms with Gasteiger partial charge in [0.05, 0.1) is 12.5 Å². The first-order valence-electron chi connectivity index (χ1n) is 7.01. The molecule has 3 rings (SSSR count). The summed E-state index contributed by atoms with van der Waals surface area (Å²) in [6, 6.07) is 8.03. The third kappa shape index (κ3) is 2.10. The minimum atomic E-state index is -0.319. The van der Waals surface area contributed by atoms with Crippen molar-refractivity contribution in [2.24, 2.45) is 5.41 Å². The normalized spacial score (nSPS) is 24.4. The van der Waals surface area contributed by atoms with Crippen molar-refractivity contribution >= 4 is 16.8 Å². The van der Waals surface area contributed by atoms with E-state index in [4.69, 9.17) is 0 Å². The maximum Gasteiger partial charge on any atom is 0.224 e. The molecule has 1 aliphatic rings. The molecule has 2 aromatic rings. The number of H-pyrrole nitrogens is 1. The van der Waals surface area contributed by atoms with Gasteiger partial charge in [-0.05, 0) is 18.1 Å². The lowest BCUT2D eigenvalue weighted by Gasteiger charge is -2.49. The van der Waals surface area contributed by atoms with Gasteiger partial charge in [-0.3, -0.25) is 4.79 Å². The molecule has 4 nitrogen and oxygen atoms in total. The molecule has 1 aromatic heterocycles. The highest BCUT2D eigenvalue weighted by Crippen LogP contribution is 2.40. The Kier molecular flexibility index (Phi) is 3.05. The van der Waals surface area contributed by atoms with Crippen LogP contribution < -0.4 is 5.32 Å². The second-order valence-electron chi connectivity index (χ2n) is 6.23. The molecule has 0 saturated heterocycles. The number of hydrogen-bond donors (Lipinski definition) is 3. The summed E-state index contributed by atoms with van der Waals surface area (Å²) in [7, 11) is 0. The van der Waals surface area contributed by atoms with E-state index >= 15 is 0 Å². The van der Waals surface area contributed by atoms with E-state index in [2.05, 4.69) is 10.3 Å². The van der Waals surface area contributed by atoms with E-state index < -0.39 is 0 Å². The van der Waals surface area contributed by atoms with E-state index in [1.165, 1.54) is 0 Å². The zero-order valence-electron chi connectivity index (χ0n) is 11.8. The summed E-state index contributed by atoms with van der Waals surface area (Å²) >= 11 is 0. The lowest BCUT2D eigenvalue weighted by atomic mass is 9.64. The van der Waals surface area contributed by atoms with E-state index in [-0.39, 0.29) is 23.5 Å². The van der Waals surface area contributed by atoms with Crippen molar-refractivity contribution in [3.05, 3.63) is 36.0 Å². The summed E-state index contributed by atoms with van der Waals surface area (Å²) in [5.74, 6) is 0.0136. The molecule has 2 unspecified atom stereocenters. The minimum absolute atomic E-state index is 0.0136. The standard InChI is InChI=1S/C16H20N2O2/c1-16(2)13(8-14(16)19)18-15(20)7-10-9-17-12-6-4-3-5-11(10)12/h3-6,9,13-14,17,19H,7-8H2,1-2H3,(H,18,20). The van der Waals surface area contributed by atoms with Crippen LogP contribution in [0.1, 0.15) is 25.8 Å². The molecule has 0 bridgehead atoms. The Morgan fingerprint density at radius 3 is 2.90 bits per heavy atom. The van der Waals surface area contributed by atoms with E-state index in [1.807, 2.05) is 44.3 Å². The highest BCUT2D eigenvalue weighted by molar-refractivity contribution is 5.89.